The van der Waals surface area contributed by atoms with E-state index in [0.29, 0.717) is 6.04 Å². The lowest BCUT2D eigenvalue weighted by Crippen LogP contribution is -2.18. The van der Waals surface area contributed by atoms with Gasteiger partial charge in [0.25, 0.3) is 0 Å². The zero-order valence-electron chi connectivity index (χ0n) is 11.6. The SMILES string of the molecule is CNC(CSC)c1ccc(C2CCCCC2)cc1. The fourth-order valence-electron chi connectivity index (χ4n) is 2.95. The molecule has 18 heavy (non-hydrogen) atoms. The maximum absolute atomic E-state index is 3.40. The molecule has 1 unspecified atom stereocenters. The molecule has 0 spiro atoms. The van der Waals surface area contributed by atoms with E-state index in [0.717, 1.165) is 11.7 Å². The minimum Gasteiger partial charge on any atom is -0.312 e. The summed E-state index contributed by atoms with van der Waals surface area (Å²) in [7, 11) is 2.05. The van der Waals surface area contributed by atoms with Crippen molar-refractivity contribution in [2.45, 2.75) is 44.1 Å². The number of nitrogens with one attached hydrogen (secondary N) is 1. The van der Waals surface area contributed by atoms with Gasteiger partial charge in [0.05, 0.1) is 0 Å². The molecule has 2 rings (SSSR count). The Balaban J connectivity index is 2.03. The molecule has 100 valence electrons. The summed E-state index contributed by atoms with van der Waals surface area (Å²) >= 11 is 1.90. The molecular weight excluding hydrogens is 238 g/mol. The Morgan fingerprint density at radius 3 is 2.39 bits per heavy atom. The van der Waals surface area contributed by atoms with E-state index >= 15 is 0 Å². The van der Waals surface area contributed by atoms with Crippen LogP contribution >= 0.6 is 11.8 Å². The number of thioether (sulfide) groups is 1. The number of hydrogen-bond acceptors (Lipinski definition) is 2. The predicted molar refractivity (Wildman–Crippen MR) is 82.5 cm³/mol. The van der Waals surface area contributed by atoms with Gasteiger partial charge in [0, 0.05) is 11.8 Å². The third-order valence-electron chi connectivity index (χ3n) is 4.10. The average molecular weight is 263 g/mol. The van der Waals surface area contributed by atoms with E-state index in [1.54, 1.807) is 5.56 Å². The first kappa shape index (κ1) is 14.0. The second kappa shape index (κ2) is 7.20. The van der Waals surface area contributed by atoms with Crippen LogP contribution in [-0.2, 0) is 0 Å². The molecule has 1 N–H and O–H groups in total. The van der Waals surface area contributed by atoms with E-state index in [-0.39, 0.29) is 0 Å². The van der Waals surface area contributed by atoms with Crippen LogP contribution in [0, 0.1) is 0 Å². The molecular formula is C16H25NS. The zero-order valence-corrected chi connectivity index (χ0v) is 12.4. The lowest BCUT2D eigenvalue weighted by molar-refractivity contribution is 0.443. The van der Waals surface area contributed by atoms with E-state index < -0.39 is 0 Å². The van der Waals surface area contributed by atoms with Gasteiger partial charge in [-0.3, -0.25) is 0 Å². The van der Waals surface area contributed by atoms with Gasteiger partial charge in [0.2, 0.25) is 0 Å². The van der Waals surface area contributed by atoms with Crippen LogP contribution in [0.25, 0.3) is 0 Å². The van der Waals surface area contributed by atoms with Crippen molar-refractivity contribution in [3.8, 4) is 0 Å². The fourth-order valence-corrected chi connectivity index (χ4v) is 3.64. The van der Waals surface area contributed by atoms with Crippen LogP contribution in [0.4, 0.5) is 0 Å². The van der Waals surface area contributed by atoms with Crippen LogP contribution in [0.3, 0.4) is 0 Å². The molecule has 0 saturated heterocycles. The van der Waals surface area contributed by atoms with Gasteiger partial charge in [-0.25, -0.2) is 0 Å². The highest BCUT2D eigenvalue weighted by atomic mass is 32.2. The third-order valence-corrected chi connectivity index (χ3v) is 4.76. The third kappa shape index (κ3) is 3.52. The fraction of sp³-hybridized carbons (Fsp3) is 0.625. The first-order valence-corrected chi connectivity index (χ1v) is 8.50. The summed E-state index contributed by atoms with van der Waals surface area (Å²) < 4.78 is 0. The van der Waals surface area contributed by atoms with Crippen molar-refractivity contribution in [2.24, 2.45) is 0 Å². The van der Waals surface area contributed by atoms with Crippen LogP contribution in [0.5, 0.6) is 0 Å². The zero-order chi connectivity index (χ0) is 12.8. The van der Waals surface area contributed by atoms with Crippen molar-refractivity contribution in [1.82, 2.24) is 5.32 Å². The molecule has 0 bridgehead atoms. The van der Waals surface area contributed by atoms with E-state index in [4.69, 9.17) is 0 Å². The molecule has 1 aromatic rings. The van der Waals surface area contributed by atoms with Gasteiger partial charge in [-0.15, -0.1) is 0 Å². The summed E-state index contributed by atoms with van der Waals surface area (Å²) in [6, 6.07) is 9.84. The van der Waals surface area contributed by atoms with Crippen LogP contribution < -0.4 is 5.32 Å². The topological polar surface area (TPSA) is 12.0 Å². The van der Waals surface area contributed by atoms with E-state index in [1.165, 1.54) is 37.7 Å². The first-order chi connectivity index (χ1) is 8.85. The second-order valence-corrected chi connectivity index (χ2v) is 6.21. The summed E-state index contributed by atoms with van der Waals surface area (Å²) in [5.74, 6) is 1.96. The van der Waals surface area contributed by atoms with Crippen molar-refractivity contribution in [2.75, 3.05) is 19.1 Å². The van der Waals surface area contributed by atoms with Crippen molar-refractivity contribution >= 4 is 11.8 Å². The summed E-state index contributed by atoms with van der Waals surface area (Å²) in [5, 5.41) is 3.40. The second-order valence-electron chi connectivity index (χ2n) is 5.30. The maximum Gasteiger partial charge on any atom is 0.0409 e. The van der Waals surface area contributed by atoms with Gasteiger partial charge in [-0.2, -0.15) is 11.8 Å². The Bertz CT molecular complexity index is 317. The Hall–Kier alpha value is -0.470. The number of hydrogen-bond donors (Lipinski definition) is 1. The Labute approximate surface area is 116 Å². The van der Waals surface area contributed by atoms with Gasteiger partial charge in [-0.1, -0.05) is 43.5 Å². The molecule has 0 heterocycles. The van der Waals surface area contributed by atoms with E-state index in [2.05, 4.69) is 42.9 Å². The van der Waals surface area contributed by atoms with Gasteiger partial charge < -0.3 is 5.32 Å². The largest absolute Gasteiger partial charge is 0.312 e. The Kier molecular flexibility index (Phi) is 5.58. The van der Waals surface area contributed by atoms with Crippen molar-refractivity contribution in [1.29, 1.82) is 0 Å². The molecule has 1 saturated carbocycles. The summed E-state index contributed by atoms with van der Waals surface area (Å²) in [5.41, 5.74) is 2.98. The molecule has 0 radical (unpaired) electrons. The van der Waals surface area contributed by atoms with Crippen LogP contribution in [-0.4, -0.2) is 19.1 Å². The van der Waals surface area contributed by atoms with Crippen molar-refractivity contribution in [3.05, 3.63) is 35.4 Å². The number of benzene rings is 1. The van der Waals surface area contributed by atoms with Crippen LogP contribution in [0.15, 0.2) is 24.3 Å². The van der Waals surface area contributed by atoms with E-state index in [1.807, 2.05) is 11.8 Å². The van der Waals surface area contributed by atoms with Crippen LogP contribution in [0.2, 0.25) is 0 Å². The monoisotopic (exact) mass is 263 g/mol. The molecule has 0 amide bonds. The van der Waals surface area contributed by atoms with E-state index in [9.17, 15) is 0 Å². The highest BCUT2D eigenvalue weighted by Crippen LogP contribution is 2.33. The lowest BCUT2D eigenvalue weighted by Gasteiger charge is -2.23. The molecule has 1 nitrogen and oxygen atoms in total. The summed E-state index contributed by atoms with van der Waals surface area (Å²) in [6.45, 7) is 0. The van der Waals surface area contributed by atoms with Crippen molar-refractivity contribution < 1.29 is 0 Å². The average Bonchev–Trinajstić information content (AvgIpc) is 2.46. The molecule has 1 atom stereocenters. The molecule has 1 aromatic carbocycles. The molecule has 0 aliphatic heterocycles. The van der Waals surface area contributed by atoms with Gasteiger partial charge in [0.15, 0.2) is 0 Å². The van der Waals surface area contributed by atoms with Gasteiger partial charge in [0.1, 0.15) is 0 Å². The Morgan fingerprint density at radius 2 is 1.83 bits per heavy atom. The Morgan fingerprint density at radius 1 is 1.17 bits per heavy atom. The van der Waals surface area contributed by atoms with Crippen LogP contribution in [0.1, 0.15) is 55.2 Å². The highest BCUT2D eigenvalue weighted by Gasteiger charge is 2.16. The molecule has 1 aliphatic carbocycles. The smallest absolute Gasteiger partial charge is 0.0409 e. The number of rotatable bonds is 5. The van der Waals surface area contributed by atoms with Gasteiger partial charge in [-0.05, 0) is 43.2 Å². The maximum atomic E-state index is 3.40. The molecule has 0 aromatic heterocycles. The molecule has 2 heteroatoms. The normalized spacial score (nSPS) is 18.8. The summed E-state index contributed by atoms with van der Waals surface area (Å²) in [4.78, 5) is 0. The first-order valence-electron chi connectivity index (χ1n) is 7.11. The van der Waals surface area contributed by atoms with Gasteiger partial charge >= 0.3 is 0 Å². The lowest BCUT2D eigenvalue weighted by atomic mass is 9.84. The molecule has 1 aliphatic rings. The minimum atomic E-state index is 0.486. The minimum absolute atomic E-state index is 0.486. The molecule has 1 fully saturated rings. The summed E-state index contributed by atoms with van der Waals surface area (Å²) in [6.07, 6.45) is 9.21. The predicted octanol–water partition coefficient (Wildman–Crippen LogP) is 4.36. The highest BCUT2D eigenvalue weighted by molar-refractivity contribution is 7.98. The standard InChI is InChI=1S/C16H25NS/c1-17-16(12-18-2)15-10-8-14(9-11-15)13-6-4-3-5-7-13/h8-11,13,16-17H,3-7,12H2,1-2H3. The van der Waals surface area contributed by atoms with Crippen molar-refractivity contribution in [3.63, 3.8) is 0 Å². The quantitative estimate of drug-likeness (QED) is 0.847.